The van der Waals surface area contributed by atoms with Crippen LogP contribution in [0.3, 0.4) is 0 Å². The number of hydrogen-bond acceptors (Lipinski definition) is 5. The molecule has 2 aromatic carbocycles. The molecule has 26 heavy (non-hydrogen) atoms. The van der Waals surface area contributed by atoms with Crippen LogP contribution in [0.1, 0.15) is 5.56 Å². The average Bonchev–Trinajstić information content (AvgIpc) is 2.68. The molecule has 0 aliphatic carbocycles. The number of nitrogens with zero attached hydrogens (tertiary/aromatic N) is 2. The monoisotopic (exact) mass is 353 g/mol. The van der Waals surface area contributed by atoms with Crippen molar-refractivity contribution in [2.24, 2.45) is 0 Å². The highest BCUT2D eigenvalue weighted by Gasteiger charge is 2.19. The molecular formula is C19H19N3O4. The molecule has 1 fully saturated rings. The van der Waals surface area contributed by atoms with Gasteiger partial charge in [-0.3, -0.25) is 14.9 Å². The van der Waals surface area contributed by atoms with E-state index in [4.69, 9.17) is 4.74 Å². The fourth-order valence-electron chi connectivity index (χ4n) is 2.72. The summed E-state index contributed by atoms with van der Waals surface area (Å²) in [5, 5.41) is 13.9. The smallest absolute Gasteiger partial charge is 0.271 e. The van der Waals surface area contributed by atoms with E-state index in [-0.39, 0.29) is 11.6 Å². The van der Waals surface area contributed by atoms with Crippen LogP contribution in [-0.2, 0) is 9.53 Å². The standard InChI is InChI=1S/C19H19N3O4/c23-19(9-6-15-4-2-1-3-5-15)20-17-8-7-16(22(24)25)14-18(17)21-10-12-26-13-11-21/h1-9,14H,10-13H2,(H,20,23)/b9-6+. The van der Waals surface area contributed by atoms with Crippen molar-refractivity contribution in [3.63, 3.8) is 0 Å². The second-order valence-corrected chi connectivity index (χ2v) is 5.79. The van der Waals surface area contributed by atoms with Gasteiger partial charge in [-0.2, -0.15) is 0 Å². The third kappa shape index (κ3) is 4.46. The van der Waals surface area contributed by atoms with Crippen LogP contribution < -0.4 is 10.2 Å². The minimum atomic E-state index is -0.440. The Balaban J connectivity index is 1.80. The Morgan fingerprint density at radius 3 is 2.58 bits per heavy atom. The van der Waals surface area contributed by atoms with E-state index in [2.05, 4.69) is 5.32 Å². The molecule has 1 amide bonds. The lowest BCUT2D eigenvalue weighted by Crippen LogP contribution is -2.36. The molecule has 0 spiro atoms. The zero-order valence-electron chi connectivity index (χ0n) is 14.1. The minimum Gasteiger partial charge on any atom is -0.378 e. The number of hydrogen-bond donors (Lipinski definition) is 1. The van der Waals surface area contributed by atoms with E-state index < -0.39 is 4.92 Å². The van der Waals surface area contributed by atoms with Gasteiger partial charge in [0.05, 0.1) is 29.5 Å². The first-order valence-corrected chi connectivity index (χ1v) is 8.29. The summed E-state index contributed by atoms with van der Waals surface area (Å²) in [5.74, 6) is -0.294. The third-order valence-corrected chi connectivity index (χ3v) is 4.03. The Bertz CT molecular complexity index is 815. The Kier molecular flexibility index (Phi) is 5.60. The van der Waals surface area contributed by atoms with Crippen molar-refractivity contribution in [3.05, 3.63) is 70.3 Å². The first-order valence-electron chi connectivity index (χ1n) is 8.29. The van der Waals surface area contributed by atoms with Gasteiger partial charge in [0.2, 0.25) is 5.91 Å². The number of ether oxygens (including phenoxy) is 1. The van der Waals surface area contributed by atoms with Gasteiger partial charge in [-0.25, -0.2) is 0 Å². The molecule has 1 heterocycles. The van der Waals surface area contributed by atoms with Crippen LogP contribution in [0.25, 0.3) is 6.08 Å². The first kappa shape index (κ1) is 17.6. The Hall–Kier alpha value is -3.19. The topological polar surface area (TPSA) is 84.7 Å². The van der Waals surface area contributed by atoms with Gasteiger partial charge in [0, 0.05) is 31.3 Å². The van der Waals surface area contributed by atoms with Gasteiger partial charge in [-0.1, -0.05) is 30.3 Å². The maximum Gasteiger partial charge on any atom is 0.271 e. The molecule has 0 unspecified atom stereocenters. The van der Waals surface area contributed by atoms with Crippen LogP contribution in [0.5, 0.6) is 0 Å². The van der Waals surface area contributed by atoms with Crippen LogP contribution in [-0.4, -0.2) is 37.1 Å². The molecule has 134 valence electrons. The largest absolute Gasteiger partial charge is 0.378 e. The number of nitro groups is 1. The number of non-ortho nitro benzene ring substituents is 1. The SMILES string of the molecule is O=C(/C=C/c1ccccc1)Nc1ccc([N+](=O)[O-])cc1N1CCOCC1. The van der Waals surface area contributed by atoms with Crippen molar-refractivity contribution < 1.29 is 14.5 Å². The van der Waals surface area contributed by atoms with Crippen LogP contribution in [0, 0.1) is 10.1 Å². The quantitative estimate of drug-likeness (QED) is 0.507. The summed E-state index contributed by atoms with van der Waals surface area (Å²) in [6, 6.07) is 13.9. The first-order chi connectivity index (χ1) is 12.6. The van der Waals surface area contributed by atoms with Gasteiger partial charge < -0.3 is 15.0 Å². The summed E-state index contributed by atoms with van der Waals surface area (Å²) < 4.78 is 5.33. The Labute approximate surface area is 151 Å². The molecule has 7 nitrogen and oxygen atoms in total. The normalized spacial score (nSPS) is 14.4. The molecule has 1 aliphatic rings. The number of morpholine rings is 1. The molecule has 0 atom stereocenters. The second kappa shape index (κ2) is 8.26. The lowest BCUT2D eigenvalue weighted by Gasteiger charge is -2.30. The lowest BCUT2D eigenvalue weighted by atomic mass is 10.2. The van der Waals surface area contributed by atoms with E-state index in [1.54, 1.807) is 12.1 Å². The molecule has 0 aromatic heterocycles. The molecule has 7 heteroatoms. The van der Waals surface area contributed by atoms with Crippen molar-refractivity contribution in [2.75, 3.05) is 36.5 Å². The predicted molar refractivity (Wildman–Crippen MR) is 100 cm³/mol. The number of rotatable bonds is 5. The fraction of sp³-hybridized carbons (Fsp3) is 0.211. The number of nitrogens with one attached hydrogen (secondary N) is 1. The van der Waals surface area contributed by atoms with Crippen molar-refractivity contribution in [2.45, 2.75) is 0 Å². The average molecular weight is 353 g/mol. The predicted octanol–water partition coefficient (Wildman–Crippen LogP) is 3.08. The van der Waals surface area contributed by atoms with Gasteiger partial charge in [-0.15, -0.1) is 0 Å². The zero-order valence-corrected chi connectivity index (χ0v) is 14.1. The number of carbonyl (C=O) groups excluding carboxylic acids is 1. The number of amides is 1. The maximum absolute atomic E-state index is 12.3. The van der Waals surface area contributed by atoms with E-state index in [0.717, 1.165) is 5.56 Å². The van der Waals surface area contributed by atoms with Crippen LogP contribution in [0.15, 0.2) is 54.6 Å². The zero-order chi connectivity index (χ0) is 18.4. The molecule has 3 rings (SSSR count). The molecule has 1 saturated heterocycles. The van der Waals surface area contributed by atoms with Gasteiger partial charge in [0.15, 0.2) is 0 Å². The van der Waals surface area contributed by atoms with Gasteiger partial charge in [0.1, 0.15) is 0 Å². The number of carbonyl (C=O) groups is 1. The summed E-state index contributed by atoms with van der Waals surface area (Å²) in [5.41, 5.74) is 2.08. The molecule has 2 aromatic rings. The fourth-order valence-corrected chi connectivity index (χ4v) is 2.72. The van der Waals surface area contributed by atoms with E-state index in [1.165, 1.54) is 18.2 Å². The number of anilines is 2. The highest BCUT2D eigenvalue weighted by atomic mass is 16.6. The Morgan fingerprint density at radius 2 is 1.88 bits per heavy atom. The maximum atomic E-state index is 12.3. The van der Waals surface area contributed by atoms with Crippen molar-refractivity contribution >= 4 is 29.0 Å². The highest BCUT2D eigenvalue weighted by molar-refractivity contribution is 6.04. The molecular weight excluding hydrogens is 334 g/mol. The van der Waals surface area contributed by atoms with Crippen molar-refractivity contribution in [1.29, 1.82) is 0 Å². The lowest BCUT2D eigenvalue weighted by molar-refractivity contribution is -0.384. The summed E-state index contributed by atoms with van der Waals surface area (Å²) >= 11 is 0. The molecule has 1 aliphatic heterocycles. The molecule has 0 radical (unpaired) electrons. The molecule has 1 N–H and O–H groups in total. The van der Waals surface area contributed by atoms with E-state index >= 15 is 0 Å². The highest BCUT2D eigenvalue weighted by Crippen LogP contribution is 2.31. The van der Waals surface area contributed by atoms with Crippen LogP contribution in [0.2, 0.25) is 0 Å². The minimum absolute atomic E-state index is 0.00989. The van der Waals surface area contributed by atoms with E-state index in [1.807, 2.05) is 35.2 Å². The summed E-state index contributed by atoms with van der Waals surface area (Å²) in [6.07, 6.45) is 3.16. The number of benzene rings is 2. The summed E-state index contributed by atoms with van der Waals surface area (Å²) in [6.45, 7) is 2.32. The summed E-state index contributed by atoms with van der Waals surface area (Å²) in [7, 11) is 0. The van der Waals surface area contributed by atoms with Gasteiger partial charge >= 0.3 is 0 Å². The van der Waals surface area contributed by atoms with Gasteiger partial charge in [0.25, 0.3) is 5.69 Å². The molecule has 0 bridgehead atoms. The van der Waals surface area contributed by atoms with Crippen molar-refractivity contribution in [3.8, 4) is 0 Å². The number of nitro benzene ring substituents is 1. The summed E-state index contributed by atoms with van der Waals surface area (Å²) in [4.78, 5) is 24.9. The van der Waals surface area contributed by atoms with Gasteiger partial charge in [-0.05, 0) is 17.7 Å². The van der Waals surface area contributed by atoms with E-state index in [0.29, 0.717) is 37.7 Å². The second-order valence-electron chi connectivity index (χ2n) is 5.79. The van der Waals surface area contributed by atoms with Crippen molar-refractivity contribution in [1.82, 2.24) is 0 Å². The third-order valence-electron chi connectivity index (χ3n) is 4.03. The Morgan fingerprint density at radius 1 is 1.15 bits per heavy atom. The van der Waals surface area contributed by atoms with E-state index in [9.17, 15) is 14.9 Å². The van der Waals surface area contributed by atoms with Crippen LogP contribution >= 0.6 is 0 Å². The molecule has 0 saturated carbocycles. The van der Waals surface area contributed by atoms with Crippen LogP contribution in [0.4, 0.5) is 17.1 Å².